The molecule has 4 rings (SSSR count). The molecule has 0 bridgehead atoms. The first-order valence-electron chi connectivity index (χ1n) is 8.91. The number of thiophene rings is 1. The third-order valence-corrected chi connectivity index (χ3v) is 5.16. The van der Waals surface area contributed by atoms with Crippen LogP contribution in [0.2, 0.25) is 0 Å². The molecule has 0 aliphatic carbocycles. The lowest BCUT2D eigenvalue weighted by atomic mass is 10.1. The minimum absolute atomic E-state index is 0.133. The molecule has 0 aliphatic rings. The molecular weight excluding hydrogens is 387 g/mol. The Morgan fingerprint density at radius 3 is 2.62 bits per heavy atom. The van der Waals surface area contributed by atoms with Crippen molar-refractivity contribution in [3.63, 3.8) is 0 Å². The fraction of sp³-hybridized carbons (Fsp3) is 0.136. The monoisotopic (exact) mass is 404 g/mol. The van der Waals surface area contributed by atoms with Gasteiger partial charge in [-0.15, -0.1) is 11.3 Å². The van der Waals surface area contributed by atoms with Gasteiger partial charge in [0.1, 0.15) is 33.9 Å². The van der Waals surface area contributed by atoms with E-state index in [9.17, 15) is 9.65 Å². The molecular formula is C22H17FN4OS. The number of nitriles is 1. The number of rotatable bonds is 5. The van der Waals surface area contributed by atoms with E-state index in [4.69, 9.17) is 4.74 Å². The largest absolute Gasteiger partial charge is 0.437 e. The zero-order valence-corrected chi connectivity index (χ0v) is 16.7. The maximum Gasteiger partial charge on any atom is 0.232 e. The van der Waals surface area contributed by atoms with Crippen LogP contribution in [0, 0.1) is 17.1 Å². The van der Waals surface area contributed by atoms with Gasteiger partial charge < -0.3 is 9.64 Å². The summed E-state index contributed by atoms with van der Waals surface area (Å²) in [4.78, 5) is 12.0. The van der Waals surface area contributed by atoms with Gasteiger partial charge in [0.15, 0.2) is 0 Å². The summed E-state index contributed by atoms with van der Waals surface area (Å²) >= 11 is 1.50. The van der Waals surface area contributed by atoms with Crippen LogP contribution in [-0.2, 0) is 6.54 Å². The molecule has 2 aromatic heterocycles. The van der Waals surface area contributed by atoms with Crippen LogP contribution in [0.4, 0.5) is 4.39 Å². The SMILES string of the molecule is CN(C)Cc1nc(Oc2cccc(F)c2C#N)c2c(-c3ccccc3)csc2n1. The van der Waals surface area contributed by atoms with E-state index < -0.39 is 5.82 Å². The van der Waals surface area contributed by atoms with Crippen LogP contribution in [0.1, 0.15) is 11.4 Å². The molecule has 2 heterocycles. The quantitative estimate of drug-likeness (QED) is 0.456. The second kappa shape index (κ2) is 7.95. The topological polar surface area (TPSA) is 62.0 Å². The van der Waals surface area contributed by atoms with E-state index in [1.807, 2.05) is 60.8 Å². The van der Waals surface area contributed by atoms with Gasteiger partial charge in [-0.25, -0.2) is 9.37 Å². The molecule has 0 fully saturated rings. The molecule has 0 radical (unpaired) electrons. The Bertz CT molecular complexity index is 1210. The van der Waals surface area contributed by atoms with Crippen LogP contribution < -0.4 is 4.74 Å². The molecule has 0 N–H and O–H groups in total. The van der Waals surface area contributed by atoms with Crippen LogP contribution in [0.15, 0.2) is 53.9 Å². The van der Waals surface area contributed by atoms with Crippen LogP contribution in [-0.4, -0.2) is 29.0 Å². The summed E-state index contributed by atoms with van der Waals surface area (Å²) < 4.78 is 20.1. The summed E-state index contributed by atoms with van der Waals surface area (Å²) in [5.41, 5.74) is 1.80. The molecule has 0 amide bonds. The standard InChI is InChI=1S/C22H17FN4OS/c1-27(2)12-19-25-21(28-18-10-6-9-17(23)15(18)11-24)20-16(13-29-22(20)26-19)14-7-4-3-5-8-14/h3-10,13H,12H2,1-2H3. The molecule has 0 atom stereocenters. The van der Waals surface area contributed by atoms with Crippen LogP contribution >= 0.6 is 11.3 Å². The molecule has 4 aromatic rings. The summed E-state index contributed by atoms with van der Waals surface area (Å²) in [7, 11) is 3.86. The molecule has 0 aliphatic heterocycles. The van der Waals surface area contributed by atoms with E-state index in [0.29, 0.717) is 18.2 Å². The van der Waals surface area contributed by atoms with E-state index in [1.165, 1.54) is 23.5 Å². The van der Waals surface area contributed by atoms with Crippen molar-refractivity contribution in [1.82, 2.24) is 14.9 Å². The Morgan fingerprint density at radius 1 is 1.10 bits per heavy atom. The Labute approximate surface area is 171 Å². The number of ether oxygens (including phenoxy) is 1. The van der Waals surface area contributed by atoms with Crippen LogP contribution in [0.5, 0.6) is 11.6 Å². The smallest absolute Gasteiger partial charge is 0.232 e. The maximum atomic E-state index is 14.1. The summed E-state index contributed by atoms with van der Waals surface area (Å²) in [6.45, 7) is 0.527. The molecule has 0 unspecified atom stereocenters. The van der Waals surface area contributed by atoms with Crippen molar-refractivity contribution in [2.75, 3.05) is 14.1 Å². The molecule has 0 spiro atoms. The number of aromatic nitrogens is 2. The van der Waals surface area contributed by atoms with Gasteiger partial charge in [-0.1, -0.05) is 36.4 Å². The van der Waals surface area contributed by atoms with Gasteiger partial charge in [0, 0.05) is 10.9 Å². The Morgan fingerprint density at radius 2 is 1.90 bits per heavy atom. The van der Waals surface area contributed by atoms with E-state index in [0.717, 1.165) is 21.3 Å². The minimum atomic E-state index is -0.627. The first-order valence-corrected chi connectivity index (χ1v) is 9.79. The summed E-state index contributed by atoms with van der Waals surface area (Å²) in [5.74, 6) is 0.411. The summed E-state index contributed by atoms with van der Waals surface area (Å²) in [5, 5.41) is 12.1. The number of hydrogen-bond acceptors (Lipinski definition) is 6. The maximum absolute atomic E-state index is 14.1. The van der Waals surface area contributed by atoms with Gasteiger partial charge in [0.05, 0.1) is 11.9 Å². The molecule has 5 nitrogen and oxygen atoms in total. The van der Waals surface area contributed by atoms with Gasteiger partial charge in [-0.3, -0.25) is 0 Å². The number of hydrogen-bond donors (Lipinski definition) is 0. The van der Waals surface area contributed by atoms with Crippen molar-refractivity contribution >= 4 is 21.6 Å². The number of nitrogens with zero attached hydrogens (tertiary/aromatic N) is 4. The summed E-state index contributed by atoms with van der Waals surface area (Å²) in [6.07, 6.45) is 0. The second-order valence-corrected chi connectivity index (χ2v) is 7.56. The molecule has 144 valence electrons. The number of halogens is 1. The Hall–Kier alpha value is -3.34. The zero-order valence-electron chi connectivity index (χ0n) is 15.9. The van der Waals surface area contributed by atoms with Crippen molar-refractivity contribution in [3.8, 4) is 28.8 Å². The highest BCUT2D eigenvalue weighted by Gasteiger charge is 2.19. The molecule has 2 aromatic carbocycles. The lowest BCUT2D eigenvalue weighted by Crippen LogP contribution is -2.13. The Kier molecular flexibility index (Phi) is 5.21. The first kappa shape index (κ1) is 19.0. The lowest BCUT2D eigenvalue weighted by Gasteiger charge is -2.13. The van der Waals surface area contributed by atoms with Crippen LogP contribution in [0.25, 0.3) is 21.3 Å². The number of fused-ring (bicyclic) bond motifs is 1. The van der Waals surface area contributed by atoms with E-state index in [1.54, 1.807) is 6.07 Å². The predicted molar refractivity (Wildman–Crippen MR) is 111 cm³/mol. The van der Waals surface area contributed by atoms with E-state index in [-0.39, 0.29) is 11.3 Å². The van der Waals surface area contributed by atoms with Crippen molar-refractivity contribution in [2.45, 2.75) is 6.54 Å². The van der Waals surface area contributed by atoms with E-state index in [2.05, 4.69) is 9.97 Å². The average Bonchev–Trinajstić information content (AvgIpc) is 3.12. The molecule has 0 saturated heterocycles. The van der Waals surface area contributed by atoms with Gasteiger partial charge in [-0.2, -0.15) is 10.2 Å². The van der Waals surface area contributed by atoms with Crippen LogP contribution in [0.3, 0.4) is 0 Å². The molecule has 7 heteroatoms. The van der Waals surface area contributed by atoms with Crippen molar-refractivity contribution < 1.29 is 9.13 Å². The highest BCUT2D eigenvalue weighted by molar-refractivity contribution is 7.17. The minimum Gasteiger partial charge on any atom is -0.437 e. The van der Waals surface area contributed by atoms with Crippen molar-refractivity contribution in [3.05, 3.63) is 71.1 Å². The van der Waals surface area contributed by atoms with Gasteiger partial charge in [-0.05, 0) is 31.8 Å². The molecule has 0 saturated carbocycles. The summed E-state index contributed by atoms with van der Waals surface area (Å²) in [6, 6.07) is 16.1. The molecule has 29 heavy (non-hydrogen) atoms. The van der Waals surface area contributed by atoms with Crippen molar-refractivity contribution in [1.29, 1.82) is 5.26 Å². The lowest BCUT2D eigenvalue weighted by molar-refractivity contribution is 0.385. The third kappa shape index (κ3) is 3.81. The first-order chi connectivity index (χ1) is 14.1. The normalized spacial score (nSPS) is 11.0. The third-order valence-electron chi connectivity index (χ3n) is 4.28. The van der Waals surface area contributed by atoms with Crippen molar-refractivity contribution in [2.24, 2.45) is 0 Å². The highest BCUT2D eigenvalue weighted by atomic mass is 32.1. The number of benzene rings is 2. The van der Waals surface area contributed by atoms with E-state index >= 15 is 0 Å². The fourth-order valence-electron chi connectivity index (χ4n) is 3.01. The fourth-order valence-corrected chi connectivity index (χ4v) is 3.97. The second-order valence-electron chi connectivity index (χ2n) is 6.71. The zero-order chi connectivity index (χ0) is 20.4. The predicted octanol–water partition coefficient (Wildman–Crippen LogP) is 5.22. The average molecular weight is 404 g/mol. The van der Waals surface area contributed by atoms with Gasteiger partial charge in [0.25, 0.3) is 0 Å². The Balaban J connectivity index is 1.91. The highest BCUT2D eigenvalue weighted by Crippen LogP contribution is 2.40. The van der Waals surface area contributed by atoms with Gasteiger partial charge in [0.2, 0.25) is 5.88 Å². The van der Waals surface area contributed by atoms with Gasteiger partial charge >= 0.3 is 0 Å².